The minimum absolute atomic E-state index is 0.0186. The SMILES string of the molecule is CCC(C)NC(=O)CCNc1cc([N+](=O)[O-])ccc1C. The molecule has 0 saturated carbocycles. The van der Waals surface area contributed by atoms with Gasteiger partial charge in [-0.2, -0.15) is 0 Å². The highest BCUT2D eigenvalue weighted by Gasteiger charge is 2.09. The zero-order chi connectivity index (χ0) is 15.1. The van der Waals surface area contributed by atoms with Crippen molar-refractivity contribution < 1.29 is 9.72 Å². The lowest BCUT2D eigenvalue weighted by molar-refractivity contribution is -0.384. The van der Waals surface area contributed by atoms with E-state index in [0.29, 0.717) is 18.7 Å². The van der Waals surface area contributed by atoms with Gasteiger partial charge in [-0.05, 0) is 25.8 Å². The van der Waals surface area contributed by atoms with Crippen molar-refractivity contribution in [3.05, 3.63) is 33.9 Å². The summed E-state index contributed by atoms with van der Waals surface area (Å²) >= 11 is 0. The lowest BCUT2D eigenvalue weighted by Gasteiger charge is -2.12. The molecule has 1 aromatic rings. The molecular formula is C14H21N3O3. The number of nitro groups is 1. The second-order valence-electron chi connectivity index (χ2n) is 4.81. The van der Waals surface area contributed by atoms with Crippen LogP contribution in [0.15, 0.2) is 18.2 Å². The molecule has 2 N–H and O–H groups in total. The Morgan fingerprint density at radius 3 is 2.75 bits per heavy atom. The molecule has 6 heteroatoms. The van der Waals surface area contributed by atoms with E-state index in [4.69, 9.17) is 0 Å². The van der Waals surface area contributed by atoms with E-state index in [1.54, 1.807) is 6.07 Å². The molecule has 20 heavy (non-hydrogen) atoms. The molecule has 0 fully saturated rings. The van der Waals surface area contributed by atoms with Crippen LogP contribution in [0, 0.1) is 17.0 Å². The number of nitrogens with one attached hydrogen (secondary N) is 2. The van der Waals surface area contributed by atoms with E-state index in [9.17, 15) is 14.9 Å². The fraction of sp³-hybridized carbons (Fsp3) is 0.500. The Morgan fingerprint density at radius 2 is 2.15 bits per heavy atom. The number of non-ortho nitro benzene ring substituents is 1. The summed E-state index contributed by atoms with van der Waals surface area (Å²) in [4.78, 5) is 21.9. The Labute approximate surface area is 118 Å². The Bertz CT molecular complexity index is 489. The average Bonchev–Trinajstić information content (AvgIpc) is 2.40. The molecule has 0 aliphatic carbocycles. The van der Waals surface area contributed by atoms with Crippen LogP contribution in [0.4, 0.5) is 11.4 Å². The summed E-state index contributed by atoms with van der Waals surface area (Å²) in [5.74, 6) is -0.0186. The first-order valence-corrected chi connectivity index (χ1v) is 6.72. The third-order valence-electron chi connectivity index (χ3n) is 3.12. The molecule has 0 saturated heterocycles. The number of aryl methyl sites for hydroxylation is 1. The first kappa shape index (κ1) is 15.9. The minimum Gasteiger partial charge on any atom is -0.384 e. The molecule has 1 amide bonds. The van der Waals surface area contributed by atoms with Crippen LogP contribution in [0.5, 0.6) is 0 Å². The van der Waals surface area contributed by atoms with Gasteiger partial charge in [0.2, 0.25) is 5.91 Å². The summed E-state index contributed by atoms with van der Waals surface area (Å²) in [7, 11) is 0. The van der Waals surface area contributed by atoms with Crippen LogP contribution in [-0.4, -0.2) is 23.4 Å². The van der Waals surface area contributed by atoms with Crippen molar-refractivity contribution in [3.8, 4) is 0 Å². The van der Waals surface area contributed by atoms with Gasteiger partial charge in [-0.3, -0.25) is 14.9 Å². The average molecular weight is 279 g/mol. The van der Waals surface area contributed by atoms with E-state index in [1.807, 2.05) is 20.8 Å². The van der Waals surface area contributed by atoms with E-state index in [1.165, 1.54) is 12.1 Å². The molecule has 0 aromatic heterocycles. The zero-order valence-corrected chi connectivity index (χ0v) is 12.1. The number of benzene rings is 1. The molecule has 0 aliphatic heterocycles. The number of hydrogen-bond acceptors (Lipinski definition) is 4. The molecule has 0 aliphatic rings. The minimum atomic E-state index is -0.430. The van der Waals surface area contributed by atoms with Gasteiger partial charge in [0.25, 0.3) is 5.69 Å². The highest BCUT2D eigenvalue weighted by molar-refractivity contribution is 5.76. The van der Waals surface area contributed by atoms with Crippen molar-refractivity contribution in [2.24, 2.45) is 0 Å². The monoisotopic (exact) mass is 279 g/mol. The molecule has 0 radical (unpaired) electrons. The van der Waals surface area contributed by atoms with Gasteiger partial charge in [0.15, 0.2) is 0 Å². The van der Waals surface area contributed by atoms with Gasteiger partial charge < -0.3 is 10.6 Å². The van der Waals surface area contributed by atoms with Gasteiger partial charge in [0.05, 0.1) is 4.92 Å². The van der Waals surface area contributed by atoms with E-state index >= 15 is 0 Å². The lowest BCUT2D eigenvalue weighted by atomic mass is 10.2. The normalized spacial score (nSPS) is 11.8. The lowest BCUT2D eigenvalue weighted by Crippen LogP contribution is -2.32. The van der Waals surface area contributed by atoms with Crippen molar-refractivity contribution >= 4 is 17.3 Å². The van der Waals surface area contributed by atoms with E-state index in [0.717, 1.165) is 12.0 Å². The standard InChI is InChI=1S/C14H21N3O3/c1-4-11(3)16-14(18)7-8-15-13-9-12(17(19)20)6-5-10(13)2/h5-6,9,11,15H,4,7-8H2,1-3H3,(H,16,18). The van der Waals surface area contributed by atoms with Crippen molar-refractivity contribution in [2.45, 2.75) is 39.7 Å². The van der Waals surface area contributed by atoms with Crippen LogP contribution in [0.3, 0.4) is 0 Å². The maximum absolute atomic E-state index is 11.6. The molecule has 0 bridgehead atoms. The smallest absolute Gasteiger partial charge is 0.271 e. The largest absolute Gasteiger partial charge is 0.384 e. The first-order valence-electron chi connectivity index (χ1n) is 6.72. The fourth-order valence-corrected chi connectivity index (χ4v) is 1.67. The van der Waals surface area contributed by atoms with Crippen LogP contribution in [0.2, 0.25) is 0 Å². The molecule has 0 spiro atoms. The maximum Gasteiger partial charge on any atom is 0.271 e. The van der Waals surface area contributed by atoms with Gasteiger partial charge in [0.1, 0.15) is 0 Å². The molecule has 1 unspecified atom stereocenters. The summed E-state index contributed by atoms with van der Waals surface area (Å²) in [6.45, 7) is 6.28. The van der Waals surface area contributed by atoms with Gasteiger partial charge in [0, 0.05) is 36.8 Å². The number of nitro benzene ring substituents is 1. The van der Waals surface area contributed by atoms with Crippen molar-refractivity contribution in [2.75, 3.05) is 11.9 Å². The van der Waals surface area contributed by atoms with Crippen molar-refractivity contribution in [1.29, 1.82) is 0 Å². The zero-order valence-electron chi connectivity index (χ0n) is 12.1. The van der Waals surface area contributed by atoms with Crippen LogP contribution in [0.1, 0.15) is 32.3 Å². The Hall–Kier alpha value is -2.11. The number of carbonyl (C=O) groups excluding carboxylic acids is 1. The third kappa shape index (κ3) is 4.87. The highest BCUT2D eigenvalue weighted by atomic mass is 16.6. The molecule has 1 atom stereocenters. The van der Waals surface area contributed by atoms with Crippen LogP contribution in [-0.2, 0) is 4.79 Å². The number of rotatable bonds is 7. The number of hydrogen-bond donors (Lipinski definition) is 2. The predicted molar refractivity (Wildman–Crippen MR) is 78.8 cm³/mol. The second-order valence-corrected chi connectivity index (χ2v) is 4.81. The number of nitrogens with zero attached hydrogens (tertiary/aromatic N) is 1. The summed E-state index contributed by atoms with van der Waals surface area (Å²) in [5.41, 5.74) is 1.65. The summed E-state index contributed by atoms with van der Waals surface area (Å²) in [5, 5.41) is 16.7. The molecule has 0 heterocycles. The molecule has 6 nitrogen and oxygen atoms in total. The number of amides is 1. The second kappa shape index (κ2) is 7.47. The maximum atomic E-state index is 11.6. The van der Waals surface area contributed by atoms with Crippen molar-refractivity contribution in [1.82, 2.24) is 5.32 Å². The Balaban J connectivity index is 2.51. The highest BCUT2D eigenvalue weighted by Crippen LogP contribution is 2.21. The topological polar surface area (TPSA) is 84.3 Å². The van der Waals surface area contributed by atoms with Crippen LogP contribution in [0.25, 0.3) is 0 Å². The molecule has 110 valence electrons. The van der Waals surface area contributed by atoms with Gasteiger partial charge >= 0.3 is 0 Å². The van der Waals surface area contributed by atoms with E-state index in [-0.39, 0.29) is 17.6 Å². The fourth-order valence-electron chi connectivity index (χ4n) is 1.67. The van der Waals surface area contributed by atoms with Crippen molar-refractivity contribution in [3.63, 3.8) is 0 Å². The Kier molecular flexibility index (Phi) is 5.96. The summed E-state index contributed by atoms with van der Waals surface area (Å²) < 4.78 is 0. The van der Waals surface area contributed by atoms with E-state index in [2.05, 4.69) is 10.6 Å². The Morgan fingerprint density at radius 1 is 1.45 bits per heavy atom. The van der Waals surface area contributed by atoms with Crippen LogP contribution >= 0.6 is 0 Å². The quantitative estimate of drug-likeness (QED) is 0.593. The molecule has 1 rings (SSSR count). The predicted octanol–water partition coefficient (Wildman–Crippen LogP) is 2.62. The van der Waals surface area contributed by atoms with Gasteiger partial charge in [-0.1, -0.05) is 13.0 Å². The van der Waals surface area contributed by atoms with Crippen LogP contribution < -0.4 is 10.6 Å². The summed E-state index contributed by atoms with van der Waals surface area (Å²) in [6, 6.07) is 4.82. The molecular weight excluding hydrogens is 258 g/mol. The molecule has 1 aromatic carbocycles. The number of anilines is 1. The summed E-state index contributed by atoms with van der Waals surface area (Å²) in [6.07, 6.45) is 1.23. The van der Waals surface area contributed by atoms with Gasteiger partial charge in [-0.25, -0.2) is 0 Å². The number of carbonyl (C=O) groups is 1. The third-order valence-corrected chi connectivity index (χ3v) is 3.12. The van der Waals surface area contributed by atoms with Gasteiger partial charge in [-0.15, -0.1) is 0 Å². The first-order chi connectivity index (χ1) is 9.43. The van der Waals surface area contributed by atoms with E-state index < -0.39 is 4.92 Å².